The summed E-state index contributed by atoms with van der Waals surface area (Å²) in [7, 11) is 0. The Hall–Kier alpha value is -20.1. The van der Waals surface area contributed by atoms with Crippen LogP contribution in [-0.2, 0) is 0 Å². The molecule has 6 aromatic heterocycles. The van der Waals surface area contributed by atoms with Crippen molar-refractivity contribution in [3.63, 3.8) is 0 Å². The van der Waals surface area contributed by atoms with E-state index >= 15 is 0 Å². The van der Waals surface area contributed by atoms with Gasteiger partial charge in [0.15, 0.2) is 17.5 Å². The minimum atomic E-state index is 0.689. The van der Waals surface area contributed by atoms with E-state index < -0.39 is 0 Å². The van der Waals surface area contributed by atoms with Crippen LogP contribution in [0.15, 0.2) is 564 Å². The highest BCUT2D eigenvalue weighted by Gasteiger charge is 2.23. The summed E-state index contributed by atoms with van der Waals surface area (Å²) in [4.78, 5) is 46.2. The minimum Gasteiger partial charge on any atom is -0.247 e. The average molecular weight is 1910 g/mol. The third-order valence-corrected chi connectivity index (χ3v) is 27.9. The van der Waals surface area contributed by atoms with Crippen LogP contribution in [0.1, 0.15) is 0 Å². The van der Waals surface area contributed by atoms with E-state index in [2.05, 4.69) is 485 Å². The Kier molecular flexibility index (Phi) is 25.1. The lowest BCUT2D eigenvalue weighted by Crippen LogP contribution is -1.96. The topological polar surface area (TPSA) is 116 Å². The number of nitrogens with zero attached hydrogens (tertiary/aromatic N) is 9. The maximum absolute atomic E-state index is 5.23. The Morgan fingerprint density at radius 2 is 0.307 bits per heavy atom. The highest BCUT2D eigenvalue weighted by atomic mass is 14.9. The molecule has 0 aliphatic heterocycles. The number of hydrogen-bond donors (Lipinski definition) is 0. The van der Waals surface area contributed by atoms with Crippen molar-refractivity contribution in [2.45, 2.75) is 0 Å². The summed E-state index contributed by atoms with van der Waals surface area (Å²) in [5, 5.41) is 10.4. The van der Waals surface area contributed by atoms with Crippen molar-refractivity contribution in [2.24, 2.45) is 0 Å². The largest absolute Gasteiger partial charge is 0.247 e. The molecule has 9 heteroatoms. The number of aromatic nitrogens is 9. The molecule has 0 atom stereocenters. The van der Waals surface area contributed by atoms with Crippen LogP contribution in [0.25, 0.3) is 267 Å². The molecule has 0 N–H and O–H groups in total. The molecule has 0 amide bonds. The Labute approximate surface area is 870 Å². The lowest BCUT2D eigenvalue weighted by molar-refractivity contribution is 1.18. The Bertz CT molecular complexity index is 9440. The average Bonchev–Trinajstić information content (AvgIpc) is 0.747. The second-order valence-corrected chi connectivity index (χ2v) is 37.3. The Morgan fingerprint density at radius 3 is 0.667 bits per heavy atom. The number of para-hydroxylation sites is 2. The van der Waals surface area contributed by atoms with E-state index in [0.29, 0.717) is 17.5 Å². The number of rotatable bonds is 18. The fourth-order valence-corrected chi connectivity index (χ4v) is 20.5. The molecule has 0 fully saturated rings. The fraction of sp³-hybridized carbons (Fsp3) is 0. The van der Waals surface area contributed by atoms with Gasteiger partial charge in [0.1, 0.15) is 0 Å². The van der Waals surface area contributed by atoms with Gasteiger partial charge in [-0.2, -0.15) is 0 Å². The van der Waals surface area contributed by atoms with Gasteiger partial charge in [0.2, 0.25) is 0 Å². The van der Waals surface area contributed by atoms with Crippen LogP contribution >= 0.6 is 0 Å². The van der Waals surface area contributed by atoms with Crippen molar-refractivity contribution in [3.8, 4) is 202 Å². The van der Waals surface area contributed by atoms with Gasteiger partial charge in [0.05, 0.1) is 67.8 Å². The quantitative estimate of drug-likeness (QED) is 0.0774. The first-order chi connectivity index (χ1) is 74.3. The maximum atomic E-state index is 5.23. The summed E-state index contributed by atoms with van der Waals surface area (Å²) in [6.45, 7) is 0. The SMILES string of the molecule is c1ccc(-c2cc(-c3cccc(-c4cccc5c(-c6ccccc6)nc6ccccc6c45)c3)nc(-c3ccccc3)n2)cc1.c1ccc(-c2ccc(-c3cc(-c4ccc(-c5cccc6nc(-c7ccccc7)c7ccccc7c56)cc4)nc(-c4ccc(-c5ccccc5)cc4)n3)cc2)cc1.c1ccc(-c2ccc(-c3nc(-c4ccccc4)cc(-c4cccc(-c5cccc6c(-c7ccccc7)nc7ccccc7c56)c4)n3)cc2)cc1. The molecule has 0 aliphatic rings. The van der Waals surface area contributed by atoms with Crippen LogP contribution in [0.5, 0.6) is 0 Å². The number of fused-ring (bicyclic) bond motifs is 9. The van der Waals surface area contributed by atoms with Crippen molar-refractivity contribution < 1.29 is 0 Å². The number of hydrogen-bond acceptors (Lipinski definition) is 9. The van der Waals surface area contributed by atoms with Crippen molar-refractivity contribution in [1.82, 2.24) is 44.9 Å². The highest BCUT2D eigenvalue weighted by molar-refractivity contribution is 6.20. The fourth-order valence-electron chi connectivity index (χ4n) is 20.5. The molecule has 27 rings (SSSR count). The van der Waals surface area contributed by atoms with Gasteiger partial charge in [0.25, 0.3) is 0 Å². The van der Waals surface area contributed by atoms with Gasteiger partial charge < -0.3 is 0 Å². The van der Waals surface area contributed by atoms with Crippen LogP contribution in [0, 0.1) is 0 Å². The molecule has 27 aromatic rings. The molecule has 150 heavy (non-hydrogen) atoms. The molecule has 0 saturated heterocycles. The van der Waals surface area contributed by atoms with Gasteiger partial charge in [-0.05, 0) is 121 Å². The van der Waals surface area contributed by atoms with E-state index in [1.807, 2.05) is 78.9 Å². The molecule has 0 aliphatic carbocycles. The molecule has 702 valence electrons. The third kappa shape index (κ3) is 18.8. The summed E-state index contributed by atoms with van der Waals surface area (Å²) in [6.07, 6.45) is 0. The van der Waals surface area contributed by atoms with Crippen LogP contribution in [0.2, 0.25) is 0 Å². The molecule has 0 radical (unpaired) electrons. The van der Waals surface area contributed by atoms with Crippen molar-refractivity contribution in [2.75, 3.05) is 0 Å². The molecule has 6 heterocycles. The Morgan fingerprint density at radius 1 is 0.100 bits per heavy atom. The zero-order valence-electron chi connectivity index (χ0n) is 81.7. The van der Waals surface area contributed by atoms with E-state index in [1.165, 1.54) is 44.0 Å². The zero-order chi connectivity index (χ0) is 99.8. The minimum absolute atomic E-state index is 0.689. The number of pyridine rings is 3. The highest BCUT2D eigenvalue weighted by Crippen LogP contribution is 2.46. The molecule has 0 unspecified atom stereocenters. The van der Waals surface area contributed by atoms with Gasteiger partial charge in [-0.25, -0.2) is 44.9 Å². The van der Waals surface area contributed by atoms with Crippen LogP contribution < -0.4 is 0 Å². The molecule has 0 saturated carbocycles. The van der Waals surface area contributed by atoms with E-state index in [4.69, 9.17) is 44.9 Å². The summed E-state index contributed by atoms with van der Waals surface area (Å²) in [5.41, 5.74) is 37.6. The van der Waals surface area contributed by atoms with Gasteiger partial charge in [0, 0.05) is 110 Å². The normalized spacial score (nSPS) is 11.2. The van der Waals surface area contributed by atoms with Gasteiger partial charge in [-0.1, -0.05) is 516 Å². The maximum Gasteiger partial charge on any atom is 0.160 e. The third-order valence-electron chi connectivity index (χ3n) is 27.9. The summed E-state index contributed by atoms with van der Waals surface area (Å²) in [5.74, 6) is 2.09. The van der Waals surface area contributed by atoms with E-state index in [0.717, 1.165) is 206 Å². The smallest absolute Gasteiger partial charge is 0.160 e. The predicted molar refractivity (Wildman–Crippen MR) is 622 cm³/mol. The van der Waals surface area contributed by atoms with Gasteiger partial charge in [-0.3, -0.25) is 0 Å². The first-order valence-corrected chi connectivity index (χ1v) is 50.6. The summed E-state index contributed by atoms with van der Waals surface area (Å²) >= 11 is 0. The number of benzene rings is 21. The lowest BCUT2D eigenvalue weighted by atomic mass is 9.92. The molecular weight excluding hydrogens is 1820 g/mol. The summed E-state index contributed by atoms with van der Waals surface area (Å²) < 4.78 is 0. The Balaban J connectivity index is 0.000000117. The zero-order valence-corrected chi connectivity index (χ0v) is 81.7. The summed E-state index contributed by atoms with van der Waals surface area (Å²) in [6, 6.07) is 197. The van der Waals surface area contributed by atoms with Crippen molar-refractivity contribution >= 4 is 65.0 Å². The molecular formula is C141H93N9. The van der Waals surface area contributed by atoms with Gasteiger partial charge in [-0.15, -0.1) is 0 Å². The molecule has 0 spiro atoms. The van der Waals surface area contributed by atoms with Crippen LogP contribution in [0.3, 0.4) is 0 Å². The first-order valence-electron chi connectivity index (χ1n) is 50.6. The predicted octanol–water partition coefficient (Wildman–Crippen LogP) is 36.5. The van der Waals surface area contributed by atoms with Crippen LogP contribution in [-0.4, -0.2) is 44.9 Å². The lowest BCUT2D eigenvalue weighted by Gasteiger charge is -2.15. The molecule has 21 aromatic carbocycles. The van der Waals surface area contributed by atoms with E-state index in [9.17, 15) is 0 Å². The van der Waals surface area contributed by atoms with Crippen LogP contribution in [0.4, 0.5) is 0 Å². The van der Waals surface area contributed by atoms with Crippen molar-refractivity contribution in [1.29, 1.82) is 0 Å². The van der Waals surface area contributed by atoms with Gasteiger partial charge >= 0.3 is 0 Å². The first kappa shape index (κ1) is 91.1. The second kappa shape index (κ2) is 41.3. The van der Waals surface area contributed by atoms with Crippen molar-refractivity contribution in [3.05, 3.63) is 564 Å². The molecule has 9 nitrogen and oxygen atoms in total. The molecule has 0 bridgehead atoms. The monoisotopic (exact) mass is 1910 g/mol. The standard InChI is InChI=1S/C53H35N3.C47H31N3.C41H27N3/c1-4-13-36(14-5-1)38-23-29-41(30-24-38)49-35-50(56-53(55-49)44-33-25-39(26-34-44)37-15-6-2-7-16-37)42-31-27-40(28-32-42)45-21-12-22-48-51(45)46-19-10-11-20-47(46)52(54-48)43-17-8-3-9-18-43;1-4-14-32(15-5-1)33-26-28-36(29-27-33)47-49-43(34-16-6-2-7-17-34)31-44(50-47)38-21-12-20-37(30-38)39-23-13-24-41-45(39)40-22-10-11-25-42(40)48-46(41)35-18-8-3-9-19-35;1-4-14-28(15-5-1)37-27-38(44-41(43-37)30-18-8-3-9-19-30)32-21-12-20-31(26-32)33-23-13-24-35-39(33)34-22-10-11-25-36(34)42-40(35)29-16-6-2-7-17-29/h1-35H;1-31H;1-27H. The van der Waals surface area contributed by atoms with E-state index in [-0.39, 0.29) is 0 Å². The van der Waals surface area contributed by atoms with E-state index in [1.54, 1.807) is 0 Å². The second-order valence-electron chi connectivity index (χ2n) is 37.3.